The summed E-state index contributed by atoms with van der Waals surface area (Å²) in [5.74, 6) is 1.08. The summed E-state index contributed by atoms with van der Waals surface area (Å²) >= 11 is 1.51. The van der Waals surface area contributed by atoms with Crippen LogP contribution in [0.25, 0.3) is 10.2 Å². The Kier molecular flexibility index (Phi) is 6.70. The van der Waals surface area contributed by atoms with Gasteiger partial charge in [-0.2, -0.15) is 0 Å². The molecule has 3 heterocycles. The van der Waals surface area contributed by atoms with E-state index in [0.29, 0.717) is 0 Å². The first-order valence-electron chi connectivity index (χ1n) is 11.2. The average molecular weight is 438 g/mol. The number of thiophene rings is 1. The van der Waals surface area contributed by atoms with Crippen molar-refractivity contribution in [3.8, 4) is 0 Å². The van der Waals surface area contributed by atoms with Gasteiger partial charge >= 0.3 is 0 Å². The number of aryl methyl sites for hydroxylation is 1. The van der Waals surface area contributed by atoms with Crippen molar-refractivity contribution >= 4 is 39.0 Å². The summed E-state index contributed by atoms with van der Waals surface area (Å²) in [6, 6.07) is 10.6. The minimum Gasteiger partial charge on any atom is -0.368 e. The zero-order valence-electron chi connectivity index (χ0n) is 18.7. The van der Waals surface area contributed by atoms with Crippen LogP contribution in [-0.2, 0) is 0 Å². The van der Waals surface area contributed by atoms with E-state index in [1.54, 1.807) is 6.33 Å². The molecule has 0 unspecified atom stereocenters. The number of hydrogen-bond donors (Lipinski definition) is 0. The van der Waals surface area contributed by atoms with Gasteiger partial charge in [0, 0.05) is 45.0 Å². The number of fused-ring (bicyclic) bond motifs is 1. The van der Waals surface area contributed by atoms with E-state index in [2.05, 4.69) is 57.0 Å². The Morgan fingerprint density at radius 1 is 1.06 bits per heavy atom. The predicted molar refractivity (Wildman–Crippen MR) is 130 cm³/mol. The van der Waals surface area contributed by atoms with E-state index in [-0.39, 0.29) is 5.91 Å². The second kappa shape index (κ2) is 9.64. The first-order valence-corrected chi connectivity index (χ1v) is 12.0. The van der Waals surface area contributed by atoms with Gasteiger partial charge < -0.3 is 14.7 Å². The topological polar surface area (TPSA) is 52.6 Å². The Balaban J connectivity index is 1.58. The van der Waals surface area contributed by atoms with Crippen LogP contribution in [0.3, 0.4) is 0 Å². The number of unbranched alkanes of at least 4 members (excludes halogenated alkanes) is 1. The second-order valence-corrected chi connectivity index (χ2v) is 8.98. The highest BCUT2D eigenvalue weighted by Gasteiger charge is 2.26. The quantitative estimate of drug-likeness (QED) is 0.541. The number of piperazine rings is 1. The van der Waals surface area contributed by atoms with Crippen LogP contribution in [0.2, 0.25) is 0 Å². The summed E-state index contributed by atoms with van der Waals surface area (Å²) < 4.78 is 0. The lowest BCUT2D eigenvalue weighted by molar-refractivity contribution is 0.0766. The summed E-state index contributed by atoms with van der Waals surface area (Å²) in [6.45, 7) is 11.5. The molecule has 0 radical (unpaired) electrons. The molecule has 0 atom stereocenters. The fourth-order valence-electron chi connectivity index (χ4n) is 4.21. The summed E-state index contributed by atoms with van der Waals surface area (Å²) in [7, 11) is 0. The zero-order valence-corrected chi connectivity index (χ0v) is 19.5. The number of rotatable bonds is 7. The molecule has 164 valence electrons. The van der Waals surface area contributed by atoms with E-state index in [1.807, 2.05) is 18.7 Å². The lowest BCUT2D eigenvalue weighted by Crippen LogP contribution is -2.46. The van der Waals surface area contributed by atoms with Crippen molar-refractivity contribution < 1.29 is 4.79 Å². The van der Waals surface area contributed by atoms with Crippen LogP contribution >= 0.6 is 11.3 Å². The van der Waals surface area contributed by atoms with Crippen molar-refractivity contribution in [1.29, 1.82) is 0 Å². The molecule has 0 bridgehead atoms. The third kappa shape index (κ3) is 4.37. The van der Waals surface area contributed by atoms with Crippen molar-refractivity contribution in [3.05, 3.63) is 47.1 Å². The van der Waals surface area contributed by atoms with E-state index in [9.17, 15) is 4.79 Å². The van der Waals surface area contributed by atoms with E-state index in [0.717, 1.165) is 78.6 Å². The molecule has 1 amide bonds. The molecule has 1 aliphatic rings. The third-order valence-electron chi connectivity index (χ3n) is 6.05. The molecule has 2 aromatic heterocycles. The molecule has 31 heavy (non-hydrogen) atoms. The molecule has 7 heteroatoms. The van der Waals surface area contributed by atoms with Crippen molar-refractivity contribution in [1.82, 2.24) is 14.9 Å². The Bertz CT molecular complexity index is 1030. The second-order valence-electron chi connectivity index (χ2n) is 7.98. The van der Waals surface area contributed by atoms with Crippen LogP contribution in [0.4, 0.5) is 11.5 Å². The molecule has 0 spiro atoms. The van der Waals surface area contributed by atoms with Gasteiger partial charge in [0.2, 0.25) is 0 Å². The first-order chi connectivity index (χ1) is 15.1. The molecular weight excluding hydrogens is 406 g/mol. The SMILES string of the molecule is CCCCN(CC)C(=O)c1sc2ncnc(N3CCN(c4ccccc4)CC3)c2c1C. The van der Waals surface area contributed by atoms with Crippen LogP contribution < -0.4 is 9.80 Å². The lowest BCUT2D eigenvalue weighted by atomic mass is 10.1. The molecule has 3 aromatic rings. The number of hydrogen-bond acceptors (Lipinski definition) is 6. The molecule has 1 aromatic carbocycles. The number of amides is 1. The third-order valence-corrected chi connectivity index (χ3v) is 7.24. The highest BCUT2D eigenvalue weighted by Crippen LogP contribution is 2.36. The van der Waals surface area contributed by atoms with Gasteiger partial charge in [-0.25, -0.2) is 9.97 Å². The van der Waals surface area contributed by atoms with Gasteiger partial charge in [0.15, 0.2) is 0 Å². The average Bonchev–Trinajstić information content (AvgIpc) is 3.17. The fraction of sp³-hybridized carbons (Fsp3) is 0.458. The van der Waals surface area contributed by atoms with Gasteiger partial charge in [-0.15, -0.1) is 11.3 Å². The normalized spacial score (nSPS) is 14.3. The maximum absolute atomic E-state index is 13.2. The highest BCUT2D eigenvalue weighted by molar-refractivity contribution is 7.20. The van der Waals surface area contributed by atoms with Crippen LogP contribution in [0.5, 0.6) is 0 Å². The number of para-hydroxylation sites is 1. The molecule has 6 nitrogen and oxygen atoms in total. The van der Waals surface area contributed by atoms with Crippen molar-refractivity contribution in [2.24, 2.45) is 0 Å². The van der Waals surface area contributed by atoms with Crippen molar-refractivity contribution in [2.45, 2.75) is 33.6 Å². The molecule has 0 aliphatic carbocycles. The zero-order chi connectivity index (χ0) is 21.8. The predicted octanol–water partition coefficient (Wildman–Crippen LogP) is 4.59. The number of anilines is 2. The molecule has 4 rings (SSSR count). The number of aromatic nitrogens is 2. The van der Waals surface area contributed by atoms with Gasteiger partial charge in [-0.3, -0.25) is 4.79 Å². The van der Waals surface area contributed by atoms with Crippen LogP contribution in [0.15, 0.2) is 36.7 Å². The van der Waals surface area contributed by atoms with Crippen molar-refractivity contribution in [3.63, 3.8) is 0 Å². The van der Waals surface area contributed by atoms with Crippen LogP contribution in [0, 0.1) is 6.92 Å². The van der Waals surface area contributed by atoms with E-state index >= 15 is 0 Å². The Morgan fingerprint density at radius 3 is 2.45 bits per heavy atom. The summed E-state index contributed by atoms with van der Waals surface area (Å²) in [4.78, 5) is 30.8. The Hall–Kier alpha value is -2.67. The monoisotopic (exact) mass is 437 g/mol. The maximum atomic E-state index is 13.2. The van der Waals surface area contributed by atoms with Gasteiger partial charge in [0.1, 0.15) is 17.0 Å². The molecule has 0 N–H and O–H groups in total. The van der Waals surface area contributed by atoms with Gasteiger partial charge in [0.25, 0.3) is 5.91 Å². The standard InChI is InChI=1S/C24H31N5OS/c1-4-6-12-27(5-2)24(30)21-18(3)20-22(25-17-26-23(20)31-21)29-15-13-28(14-16-29)19-10-8-7-9-11-19/h7-11,17H,4-6,12-16H2,1-3H3. The molecular formula is C24H31N5OS. The summed E-state index contributed by atoms with van der Waals surface area (Å²) in [5.41, 5.74) is 2.28. The van der Waals surface area contributed by atoms with Gasteiger partial charge in [-0.05, 0) is 38.0 Å². The van der Waals surface area contributed by atoms with Crippen LogP contribution in [0.1, 0.15) is 41.9 Å². The van der Waals surface area contributed by atoms with E-state index in [1.165, 1.54) is 17.0 Å². The maximum Gasteiger partial charge on any atom is 0.264 e. The smallest absolute Gasteiger partial charge is 0.264 e. The van der Waals surface area contributed by atoms with E-state index < -0.39 is 0 Å². The lowest BCUT2D eigenvalue weighted by Gasteiger charge is -2.37. The Morgan fingerprint density at radius 2 is 1.77 bits per heavy atom. The molecule has 0 saturated carbocycles. The molecule has 1 saturated heterocycles. The fourth-order valence-corrected chi connectivity index (χ4v) is 5.32. The first kappa shape index (κ1) is 21.6. The summed E-state index contributed by atoms with van der Waals surface area (Å²) in [6.07, 6.45) is 3.75. The number of benzene rings is 1. The molecule has 1 fully saturated rings. The highest BCUT2D eigenvalue weighted by atomic mass is 32.1. The van der Waals surface area contributed by atoms with Gasteiger partial charge in [-0.1, -0.05) is 31.5 Å². The van der Waals surface area contributed by atoms with Crippen LogP contribution in [-0.4, -0.2) is 60.0 Å². The minimum absolute atomic E-state index is 0.122. The Labute approximate surface area is 188 Å². The largest absolute Gasteiger partial charge is 0.368 e. The number of carbonyl (C=O) groups excluding carboxylic acids is 1. The number of nitrogens with zero attached hydrogens (tertiary/aromatic N) is 5. The van der Waals surface area contributed by atoms with Crippen molar-refractivity contribution in [2.75, 3.05) is 49.1 Å². The number of carbonyl (C=O) groups is 1. The molecule has 1 aliphatic heterocycles. The minimum atomic E-state index is 0.122. The van der Waals surface area contributed by atoms with E-state index in [4.69, 9.17) is 0 Å². The van der Waals surface area contributed by atoms with Gasteiger partial charge in [0.05, 0.1) is 10.3 Å². The summed E-state index contributed by atoms with van der Waals surface area (Å²) in [5, 5.41) is 1.04.